The third-order valence-corrected chi connectivity index (χ3v) is 4.42. The molecular weight excluding hydrogens is 445 g/mol. The molecule has 23 heavy (non-hydrogen) atoms. The van der Waals surface area contributed by atoms with Crippen molar-refractivity contribution >= 4 is 44.3 Å². The predicted molar refractivity (Wildman–Crippen MR) is 104 cm³/mol. The molecule has 3 nitrogen and oxygen atoms in total. The lowest BCUT2D eigenvalue weighted by Crippen LogP contribution is -2.17. The fourth-order valence-electron chi connectivity index (χ4n) is 2.33. The van der Waals surface area contributed by atoms with Gasteiger partial charge < -0.3 is 14.8 Å². The van der Waals surface area contributed by atoms with Gasteiger partial charge in [-0.25, -0.2) is 0 Å². The minimum Gasteiger partial charge on any atom is -0.496 e. The van der Waals surface area contributed by atoms with Crippen molar-refractivity contribution in [2.75, 3.05) is 20.8 Å². The van der Waals surface area contributed by atoms with E-state index >= 15 is 0 Å². The maximum absolute atomic E-state index is 5.46. The van der Waals surface area contributed by atoms with Gasteiger partial charge in [0.1, 0.15) is 11.5 Å². The Morgan fingerprint density at radius 1 is 1.00 bits per heavy atom. The van der Waals surface area contributed by atoms with E-state index in [1.54, 1.807) is 14.2 Å². The average molecular weight is 466 g/mol. The van der Waals surface area contributed by atoms with E-state index in [1.807, 2.05) is 24.3 Å². The topological polar surface area (TPSA) is 30.5 Å². The summed E-state index contributed by atoms with van der Waals surface area (Å²) in [5, 5.41) is 3.45. The smallest absolute Gasteiger partial charge is 0.137 e. The fourth-order valence-corrected chi connectivity index (χ4v) is 3.80. The predicted octanol–water partition coefficient (Wildman–Crippen LogP) is 4.98. The molecule has 0 aromatic heterocycles. The number of nitrogens with one attached hydrogen (secondary N) is 1. The fraction of sp³-hybridized carbons (Fsp3) is 0.294. The van der Waals surface area contributed by atoms with Crippen LogP contribution in [0.15, 0.2) is 45.3 Å². The molecule has 0 bridgehead atoms. The Labute approximate surface area is 160 Å². The summed E-state index contributed by atoms with van der Waals surface area (Å²) < 4.78 is 12.8. The Kier molecular flexibility index (Phi) is 8.99. The Hall–Kier alpha value is -0.750. The monoisotopic (exact) mass is 463 g/mol. The van der Waals surface area contributed by atoms with E-state index in [9.17, 15) is 0 Å². The van der Waals surface area contributed by atoms with E-state index in [1.165, 1.54) is 5.56 Å². The largest absolute Gasteiger partial charge is 0.496 e. The van der Waals surface area contributed by atoms with Crippen molar-refractivity contribution in [3.63, 3.8) is 0 Å². The Morgan fingerprint density at radius 3 is 2.43 bits per heavy atom. The lowest BCUT2D eigenvalue weighted by atomic mass is 10.1. The molecule has 0 saturated heterocycles. The van der Waals surface area contributed by atoms with Gasteiger partial charge in [-0.1, -0.05) is 34.1 Å². The van der Waals surface area contributed by atoms with Gasteiger partial charge >= 0.3 is 0 Å². The molecule has 0 atom stereocenters. The molecule has 0 unspecified atom stereocenters. The van der Waals surface area contributed by atoms with E-state index < -0.39 is 0 Å². The molecule has 2 aromatic rings. The number of hydrogen-bond donors (Lipinski definition) is 1. The minimum atomic E-state index is 0. The zero-order valence-electron chi connectivity index (χ0n) is 13.1. The Morgan fingerprint density at radius 2 is 1.74 bits per heavy atom. The molecule has 0 aliphatic carbocycles. The molecule has 0 aliphatic heterocycles. The first kappa shape index (κ1) is 20.3. The average Bonchev–Trinajstić information content (AvgIpc) is 2.51. The lowest BCUT2D eigenvalue weighted by molar-refractivity contribution is 0.404. The zero-order valence-corrected chi connectivity index (χ0v) is 17.1. The van der Waals surface area contributed by atoms with E-state index in [2.05, 4.69) is 49.3 Å². The second kappa shape index (κ2) is 10.2. The van der Waals surface area contributed by atoms with Crippen LogP contribution in [-0.2, 0) is 13.0 Å². The number of halogens is 3. The number of methoxy groups -OCH3 is 2. The maximum atomic E-state index is 5.46. The van der Waals surface area contributed by atoms with Gasteiger partial charge in [0.25, 0.3) is 0 Å². The summed E-state index contributed by atoms with van der Waals surface area (Å²) in [5.74, 6) is 1.81. The minimum absolute atomic E-state index is 0. The Bertz CT molecular complexity index is 638. The van der Waals surface area contributed by atoms with Gasteiger partial charge in [-0.3, -0.25) is 0 Å². The van der Waals surface area contributed by atoms with Gasteiger partial charge in [0.05, 0.1) is 18.7 Å². The molecule has 2 aromatic carbocycles. The van der Waals surface area contributed by atoms with Crippen LogP contribution < -0.4 is 14.8 Å². The highest BCUT2D eigenvalue weighted by Gasteiger charge is 2.09. The van der Waals surface area contributed by atoms with Crippen LogP contribution >= 0.6 is 44.3 Å². The van der Waals surface area contributed by atoms with Gasteiger partial charge in [0.2, 0.25) is 0 Å². The Balaban J connectivity index is 0.00000264. The van der Waals surface area contributed by atoms with Crippen molar-refractivity contribution in [3.05, 3.63) is 56.5 Å². The molecule has 6 heteroatoms. The van der Waals surface area contributed by atoms with Crippen molar-refractivity contribution < 1.29 is 9.47 Å². The number of rotatable bonds is 7. The second-order valence-electron chi connectivity index (χ2n) is 4.82. The lowest BCUT2D eigenvalue weighted by Gasteiger charge is -2.13. The molecule has 0 fully saturated rings. The summed E-state index contributed by atoms with van der Waals surface area (Å²) in [6.45, 7) is 1.62. The number of hydrogen-bond acceptors (Lipinski definition) is 3. The van der Waals surface area contributed by atoms with Crippen LogP contribution in [0.2, 0.25) is 0 Å². The van der Waals surface area contributed by atoms with E-state index in [0.29, 0.717) is 0 Å². The van der Waals surface area contributed by atoms with E-state index in [4.69, 9.17) is 9.47 Å². The number of ether oxygens (including phenoxy) is 2. The molecule has 0 aliphatic rings. The van der Waals surface area contributed by atoms with Gasteiger partial charge in [-0.2, -0.15) is 0 Å². The van der Waals surface area contributed by atoms with Gasteiger partial charge in [-0.15, -0.1) is 12.4 Å². The first-order chi connectivity index (χ1) is 10.7. The van der Waals surface area contributed by atoms with Crippen molar-refractivity contribution in [1.29, 1.82) is 0 Å². The highest BCUT2D eigenvalue weighted by atomic mass is 79.9. The third kappa shape index (κ3) is 5.68. The summed E-state index contributed by atoms with van der Waals surface area (Å²) in [6, 6.07) is 12.2. The first-order valence-corrected chi connectivity index (χ1v) is 8.58. The molecule has 0 heterocycles. The molecule has 1 N–H and O–H groups in total. The van der Waals surface area contributed by atoms with Crippen LogP contribution in [0.1, 0.15) is 11.1 Å². The standard InChI is InChI=1S/C17H19Br2NO2.ClH/c1-21-16-6-4-3-5-12(16)7-8-20-11-13-9-14(18)10-15(19)17(13)22-2;/h3-6,9-10,20H,7-8,11H2,1-2H3;1H. The van der Waals surface area contributed by atoms with Gasteiger partial charge in [0, 0.05) is 16.6 Å². The van der Waals surface area contributed by atoms with Crippen molar-refractivity contribution in [3.8, 4) is 11.5 Å². The first-order valence-electron chi connectivity index (χ1n) is 7.00. The van der Waals surface area contributed by atoms with Crippen LogP contribution in [0.25, 0.3) is 0 Å². The number of para-hydroxylation sites is 1. The van der Waals surface area contributed by atoms with E-state index in [0.717, 1.165) is 45.5 Å². The van der Waals surface area contributed by atoms with Crippen LogP contribution in [0.4, 0.5) is 0 Å². The van der Waals surface area contributed by atoms with Gasteiger partial charge in [0.15, 0.2) is 0 Å². The van der Waals surface area contributed by atoms with Crippen molar-refractivity contribution in [2.45, 2.75) is 13.0 Å². The number of benzene rings is 2. The normalized spacial score (nSPS) is 10.1. The SMILES string of the molecule is COc1ccccc1CCNCc1cc(Br)cc(Br)c1OC.Cl. The molecule has 0 amide bonds. The van der Waals surface area contributed by atoms with E-state index in [-0.39, 0.29) is 12.4 Å². The van der Waals surface area contributed by atoms with Crippen LogP contribution in [0.5, 0.6) is 11.5 Å². The van der Waals surface area contributed by atoms with Crippen LogP contribution in [0, 0.1) is 0 Å². The highest BCUT2D eigenvalue weighted by Crippen LogP contribution is 2.32. The van der Waals surface area contributed by atoms with Crippen LogP contribution in [-0.4, -0.2) is 20.8 Å². The third-order valence-electron chi connectivity index (χ3n) is 3.37. The molecule has 0 saturated carbocycles. The maximum Gasteiger partial charge on any atom is 0.137 e. The van der Waals surface area contributed by atoms with Crippen molar-refractivity contribution in [1.82, 2.24) is 5.32 Å². The summed E-state index contributed by atoms with van der Waals surface area (Å²) in [4.78, 5) is 0. The molecule has 0 spiro atoms. The summed E-state index contributed by atoms with van der Waals surface area (Å²) >= 11 is 7.03. The molecule has 0 radical (unpaired) electrons. The zero-order chi connectivity index (χ0) is 15.9. The quantitative estimate of drug-likeness (QED) is 0.585. The summed E-state index contributed by atoms with van der Waals surface area (Å²) in [5.41, 5.74) is 2.32. The van der Waals surface area contributed by atoms with Gasteiger partial charge in [-0.05, 0) is 52.7 Å². The summed E-state index contributed by atoms with van der Waals surface area (Å²) in [7, 11) is 3.39. The second-order valence-corrected chi connectivity index (χ2v) is 6.59. The van der Waals surface area contributed by atoms with Crippen molar-refractivity contribution in [2.24, 2.45) is 0 Å². The summed E-state index contributed by atoms with van der Waals surface area (Å²) in [6.07, 6.45) is 0.918. The highest BCUT2D eigenvalue weighted by molar-refractivity contribution is 9.11. The molecular formula is C17H20Br2ClNO2. The van der Waals surface area contributed by atoms with Crippen LogP contribution in [0.3, 0.4) is 0 Å². The molecule has 2 rings (SSSR count). The molecule has 126 valence electrons.